The molecule has 1 N–H and O–H groups in total. The minimum atomic E-state index is -0.0417. The van der Waals surface area contributed by atoms with Crippen molar-refractivity contribution in [2.24, 2.45) is 0 Å². The third-order valence-electron chi connectivity index (χ3n) is 0.810. The van der Waals surface area contributed by atoms with Gasteiger partial charge in [-0.2, -0.15) is 0 Å². The summed E-state index contributed by atoms with van der Waals surface area (Å²) in [6, 6.07) is 0. The second kappa shape index (κ2) is 3.05. The number of hydrogen-bond donors (Lipinski definition) is 1. The third-order valence-corrected chi connectivity index (χ3v) is 2.72. The van der Waals surface area contributed by atoms with E-state index in [2.05, 4.69) is 44.1 Å². The molecule has 0 fully saturated rings. The van der Waals surface area contributed by atoms with Gasteiger partial charge in [-0.3, -0.25) is 5.32 Å². The van der Waals surface area contributed by atoms with Crippen molar-refractivity contribution in [1.29, 1.82) is 0 Å². The highest BCUT2D eigenvalue weighted by molar-refractivity contribution is 9.25. The van der Waals surface area contributed by atoms with Crippen molar-refractivity contribution in [3.63, 3.8) is 0 Å². The van der Waals surface area contributed by atoms with E-state index in [1.807, 2.05) is 7.05 Å². The van der Waals surface area contributed by atoms with E-state index < -0.39 is 0 Å². The number of hydrogen-bond acceptors (Lipinski definition) is 1. The molecular weight excluding hydrogens is 222 g/mol. The Balaban J connectivity index is 3.36. The van der Waals surface area contributed by atoms with E-state index in [4.69, 9.17) is 0 Å². The zero-order valence-corrected chi connectivity index (χ0v) is 7.64. The van der Waals surface area contributed by atoms with Gasteiger partial charge in [-0.25, -0.2) is 0 Å². The Morgan fingerprint density at radius 3 is 2.00 bits per heavy atom. The largest absolute Gasteiger partial charge is 0.297 e. The SMILES string of the molecule is CCC(Br)(Br)NC. The summed E-state index contributed by atoms with van der Waals surface area (Å²) in [6.45, 7) is 2.08. The molecule has 0 aliphatic heterocycles. The van der Waals surface area contributed by atoms with E-state index in [0.717, 1.165) is 6.42 Å². The first-order valence-electron chi connectivity index (χ1n) is 2.19. The van der Waals surface area contributed by atoms with Crippen LogP contribution in [0.1, 0.15) is 13.3 Å². The summed E-state index contributed by atoms with van der Waals surface area (Å²) in [6.07, 6.45) is 1.02. The van der Waals surface area contributed by atoms with Crippen LogP contribution in [0.3, 0.4) is 0 Å². The van der Waals surface area contributed by atoms with Crippen LogP contribution in [0.15, 0.2) is 0 Å². The van der Waals surface area contributed by atoms with Gasteiger partial charge in [-0.1, -0.05) is 38.8 Å². The molecule has 0 bridgehead atoms. The van der Waals surface area contributed by atoms with Crippen molar-refractivity contribution < 1.29 is 0 Å². The van der Waals surface area contributed by atoms with Crippen LogP contribution in [-0.4, -0.2) is 10.4 Å². The van der Waals surface area contributed by atoms with Gasteiger partial charge in [0.1, 0.15) is 3.36 Å². The molecular formula is C4H9Br2N. The molecule has 0 spiro atoms. The molecule has 0 amide bonds. The average Bonchev–Trinajstić information content (AvgIpc) is 1.68. The summed E-state index contributed by atoms with van der Waals surface area (Å²) in [5.74, 6) is 0. The Bertz CT molecular complexity index is 47.7. The van der Waals surface area contributed by atoms with Crippen LogP contribution in [0.4, 0.5) is 0 Å². The van der Waals surface area contributed by atoms with E-state index in [0.29, 0.717) is 0 Å². The lowest BCUT2D eigenvalue weighted by Crippen LogP contribution is -2.27. The maximum Gasteiger partial charge on any atom is 0.129 e. The van der Waals surface area contributed by atoms with E-state index in [-0.39, 0.29) is 3.36 Å². The van der Waals surface area contributed by atoms with Gasteiger partial charge in [0.15, 0.2) is 0 Å². The molecule has 3 heteroatoms. The monoisotopic (exact) mass is 229 g/mol. The second-order valence-corrected chi connectivity index (χ2v) is 5.08. The second-order valence-electron chi connectivity index (χ2n) is 1.31. The van der Waals surface area contributed by atoms with Gasteiger partial charge in [0, 0.05) is 0 Å². The highest BCUT2D eigenvalue weighted by atomic mass is 79.9. The fraction of sp³-hybridized carbons (Fsp3) is 1.00. The van der Waals surface area contributed by atoms with E-state index in [1.165, 1.54) is 0 Å². The zero-order valence-electron chi connectivity index (χ0n) is 4.46. The van der Waals surface area contributed by atoms with Crippen molar-refractivity contribution >= 4 is 31.9 Å². The van der Waals surface area contributed by atoms with Gasteiger partial charge < -0.3 is 0 Å². The summed E-state index contributed by atoms with van der Waals surface area (Å²) in [7, 11) is 1.90. The Hall–Kier alpha value is 0.920. The highest BCUT2D eigenvalue weighted by Crippen LogP contribution is 2.24. The molecule has 0 aromatic rings. The summed E-state index contributed by atoms with van der Waals surface area (Å²) in [4.78, 5) is 0. The molecule has 0 atom stereocenters. The standard InChI is InChI=1S/C4H9Br2N/c1-3-4(5,6)7-2/h7H,3H2,1-2H3. The van der Waals surface area contributed by atoms with Crippen molar-refractivity contribution in [3.05, 3.63) is 0 Å². The maximum absolute atomic E-state index is 3.39. The summed E-state index contributed by atoms with van der Waals surface area (Å²) in [5, 5.41) is 3.02. The highest BCUT2D eigenvalue weighted by Gasteiger charge is 2.14. The van der Waals surface area contributed by atoms with Gasteiger partial charge >= 0.3 is 0 Å². The molecule has 1 nitrogen and oxygen atoms in total. The molecule has 0 saturated heterocycles. The van der Waals surface area contributed by atoms with Crippen LogP contribution in [0.5, 0.6) is 0 Å². The molecule has 0 aromatic heterocycles. The normalized spacial score (nSPS) is 12.0. The number of halogens is 2. The first-order chi connectivity index (χ1) is 3.12. The Morgan fingerprint density at radius 1 is 1.57 bits per heavy atom. The molecule has 0 radical (unpaired) electrons. The molecule has 44 valence electrons. The van der Waals surface area contributed by atoms with Crippen LogP contribution in [0.2, 0.25) is 0 Å². The molecule has 0 heterocycles. The fourth-order valence-corrected chi connectivity index (χ4v) is 0.177. The minimum absolute atomic E-state index is 0.0417. The topological polar surface area (TPSA) is 12.0 Å². The lowest BCUT2D eigenvalue weighted by Gasteiger charge is -2.15. The first kappa shape index (κ1) is 7.92. The van der Waals surface area contributed by atoms with E-state index >= 15 is 0 Å². The number of alkyl halides is 2. The van der Waals surface area contributed by atoms with Gasteiger partial charge in [0.2, 0.25) is 0 Å². The van der Waals surface area contributed by atoms with Crippen molar-refractivity contribution in [2.45, 2.75) is 16.7 Å². The van der Waals surface area contributed by atoms with Gasteiger partial charge in [0.25, 0.3) is 0 Å². The van der Waals surface area contributed by atoms with Crippen LogP contribution >= 0.6 is 31.9 Å². The molecule has 0 aliphatic rings. The lowest BCUT2D eigenvalue weighted by atomic mass is 10.5. The zero-order chi connectivity index (χ0) is 5.91. The van der Waals surface area contributed by atoms with Gasteiger partial charge in [-0.15, -0.1) is 0 Å². The minimum Gasteiger partial charge on any atom is -0.297 e. The predicted molar refractivity (Wildman–Crippen MR) is 39.9 cm³/mol. The van der Waals surface area contributed by atoms with Crippen molar-refractivity contribution in [3.8, 4) is 0 Å². The Labute approximate surface area is 61.1 Å². The quantitative estimate of drug-likeness (QED) is 0.566. The van der Waals surface area contributed by atoms with Gasteiger partial charge in [0.05, 0.1) is 0 Å². The van der Waals surface area contributed by atoms with Gasteiger partial charge in [-0.05, 0) is 13.5 Å². The molecule has 0 unspecified atom stereocenters. The van der Waals surface area contributed by atoms with Crippen LogP contribution in [-0.2, 0) is 0 Å². The molecule has 0 aliphatic carbocycles. The number of rotatable bonds is 2. The fourth-order valence-electron chi connectivity index (χ4n) is 0.177. The summed E-state index contributed by atoms with van der Waals surface area (Å²) < 4.78 is -0.0417. The molecule has 7 heavy (non-hydrogen) atoms. The van der Waals surface area contributed by atoms with Crippen LogP contribution in [0, 0.1) is 0 Å². The van der Waals surface area contributed by atoms with Crippen molar-refractivity contribution in [1.82, 2.24) is 5.32 Å². The summed E-state index contributed by atoms with van der Waals surface area (Å²) >= 11 is 6.77. The lowest BCUT2D eigenvalue weighted by molar-refractivity contribution is 0.692. The van der Waals surface area contributed by atoms with E-state index in [9.17, 15) is 0 Å². The predicted octanol–water partition coefficient (Wildman–Crippen LogP) is 2.06. The van der Waals surface area contributed by atoms with Crippen LogP contribution < -0.4 is 5.32 Å². The molecule has 0 aromatic carbocycles. The molecule has 0 rings (SSSR count). The van der Waals surface area contributed by atoms with Crippen molar-refractivity contribution in [2.75, 3.05) is 7.05 Å². The Morgan fingerprint density at radius 2 is 2.00 bits per heavy atom. The number of nitrogens with one attached hydrogen (secondary N) is 1. The maximum atomic E-state index is 3.39. The van der Waals surface area contributed by atoms with Crippen LogP contribution in [0.25, 0.3) is 0 Å². The smallest absolute Gasteiger partial charge is 0.129 e. The first-order valence-corrected chi connectivity index (χ1v) is 3.77. The average molecular weight is 231 g/mol. The molecule has 0 saturated carbocycles. The van der Waals surface area contributed by atoms with E-state index in [1.54, 1.807) is 0 Å². The Kier molecular flexibility index (Phi) is 3.45. The third kappa shape index (κ3) is 3.50. The summed E-state index contributed by atoms with van der Waals surface area (Å²) in [5.41, 5.74) is 0.